The van der Waals surface area contributed by atoms with Crippen LogP contribution >= 0.6 is 11.3 Å². The molecule has 0 bridgehead atoms. The zero-order valence-electron chi connectivity index (χ0n) is 21.7. The second kappa shape index (κ2) is 11.1. The van der Waals surface area contributed by atoms with E-state index in [9.17, 15) is 19.5 Å². The van der Waals surface area contributed by atoms with Crippen LogP contribution in [0.1, 0.15) is 51.9 Å². The molecule has 2 aromatic carbocycles. The highest BCUT2D eigenvalue weighted by Crippen LogP contribution is 2.44. The lowest BCUT2D eigenvalue weighted by atomic mass is 9.95. The Bertz CT molecular complexity index is 1430. The van der Waals surface area contributed by atoms with Gasteiger partial charge in [0, 0.05) is 5.56 Å². The second-order valence-corrected chi connectivity index (χ2v) is 9.46. The summed E-state index contributed by atoms with van der Waals surface area (Å²) in [4.78, 5) is 45.2. The van der Waals surface area contributed by atoms with E-state index in [0.29, 0.717) is 34.9 Å². The standard InChI is InChI=1S/C28H28N2O7S/c1-6-36-19-11-8-17(9-12-19)22-21(23(31)18-10-13-20(35-5)15(3)14-18)24(32)26(33)30(22)28-29-16(4)25(38-28)27(34)37-7-2/h8-14,22,31H,6-7H2,1-5H3/t22-/m1/s1. The number of nitrogens with zero attached hydrogens (tertiary/aromatic N) is 2. The molecule has 0 saturated carbocycles. The van der Waals surface area contributed by atoms with Gasteiger partial charge >= 0.3 is 11.9 Å². The average Bonchev–Trinajstić information content (AvgIpc) is 3.41. The number of thiazole rings is 1. The van der Waals surface area contributed by atoms with Crippen molar-refractivity contribution < 1.29 is 33.7 Å². The molecule has 1 aliphatic rings. The van der Waals surface area contributed by atoms with E-state index in [1.807, 2.05) is 13.8 Å². The molecule has 1 aliphatic heterocycles. The van der Waals surface area contributed by atoms with Gasteiger partial charge in [-0.2, -0.15) is 0 Å². The first-order valence-corrected chi connectivity index (χ1v) is 12.9. The van der Waals surface area contributed by atoms with E-state index >= 15 is 0 Å². The van der Waals surface area contributed by atoms with Crippen molar-refractivity contribution in [2.75, 3.05) is 25.2 Å². The van der Waals surface area contributed by atoms with Crippen LogP contribution in [0.25, 0.3) is 5.76 Å². The Morgan fingerprint density at radius 3 is 2.39 bits per heavy atom. The summed E-state index contributed by atoms with van der Waals surface area (Å²) < 4.78 is 16.0. The molecule has 4 rings (SSSR count). The molecule has 0 spiro atoms. The number of amides is 1. The number of hydrogen-bond acceptors (Lipinski definition) is 9. The molecule has 1 amide bonds. The molecule has 3 aromatic rings. The SMILES string of the molecule is CCOC(=O)c1sc(N2C(=O)C(=O)C(=C(O)c3ccc(OC)c(C)c3)[C@H]2c2ccc(OCC)cc2)nc1C. The lowest BCUT2D eigenvalue weighted by Crippen LogP contribution is -2.29. The van der Waals surface area contributed by atoms with E-state index in [2.05, 4.69) is 4.98 Å². The number of aryl methyl sites for hydroxylation is 2. The van der Waals surface area contributed by atoms with Crippen LogP contribution in [0.2, 0.25) is 0 Å². The Balaban J connectivity index is 1.90. The summed E-state index contributed by atoms with van der Waals surface area (Å²) >= 11 is 0.959. The smallest absolute Gasteiger partial charge is 0.350 e. The van der Waals surface area contributed by atoms with Gasteiger partial charge in [0.05, 0.1) is 37.6 Å². The Hall–Kier alpha value is -4.18. The number of ether oxygens (including phenoxy) is 3. The van der Waals surface area contributed by atoms with Gasteiger partial charge in [0.2, 0.25) is 0 Å². The molecule has 9 nitrogen and oxygen atoms in total. The van der Waals surface area contributed by atoms with Gasteiger partial charge < -0.3 is 19.3 Å². The number of methoxy groups -OCH3 is 1. The second-order valence-electron chi connectivity index (χ2n) is 8.49. The van der Waals surface area contributed by atoms with Gasteiger partial charge in [0.15, 0.2) is 5.13 Å². The van der Waals surface area contributed by atoms with E-state index in [1.54, 1.807) is 63.4 Å². The monoisotopic (exact) mass is 536 g/mol. The molecule has 2 heterocycles. The van der Waals surface area contributed by atoms with Crippen LogP contribution in [0.15, 0.2) is 48.0 Å². The van der Waals surface area contributed by atoms with Crippen molar-refractivity contribution in [1.29, 1.82) is 0 Å². The minimum Gasteiger partial charge on any atom is -0.507 e. The van der Waals surface area contributed by atoms with E-state index in [-0.39, 0.29) is 27.9 Å². The zero-order chi connectivity index (χ0) is 27.6. The first kappa shape index (κ1) is 26.9. The number of esters is 1. The van der Waals surface area contributed by atoms with Gasteiger partial charge in [-0.25, -0.2) is 9.78 Å². The Morgan fingerprint density at radius 2 is 1.79 bits per heavy atom. The number of carbonyl (C=O) groups is 3. The van der Waals surface area contributed by atoms with Gasteiger partial charge in [0.25, 0.3) is 5.78 Å². The van der Waals surface area contributed by atoms with Gasteiger partial charge in [-0.3, -0.25) is 14.5 Å². The topological polar surface area (TPSA) is 115 Å². The molecule has 0 unspecified atom stereocenters. The van der Waals surface area contributed by atoms with E-state index in [4.69, 9.17) is 14.2 Å². The quantitative estimate of drug-likeness (QED) is 0.186. The number of Topliss-reactive ketones (excluding diaryl/α,β-unsaturated/α-hetero) is 1. The highest BCUT2D eigenvalue weighted by atomic mass is 32.1. The molecule has 38 heavy (non-hydrogen) atoms. The minimum absolute atomic E-state index is 0.0886. The molecule has 198 valence electrons. The van der Waals surface area contributed by atoms with Crippen LogP contribution in [0.5, 0.6) is 11.5 Å². The minimum atomic E-state index is -0.992. The van der Waals surface area contributed by atoms with Crippen LogP contribution in [0.4, 0.5) is 5.13 Å². The summed E-state index contributed by atoms with van der Waals surface area (Å²) in [6, 6.07) is 10.9. The number of aliphatic hydroxyl groups excluding tert-OH is 1. The van der Waals surface area contributed by atoms with Crippen molar-refractivity contribution in [3.8, 4) is 11.5 Å². The molecule has 1 saturated heterocycles. The summed E-state index contributed by atoms with van der Waals surface area (Å²) in [5.41, 5.74) is 1.96. The number of rotatable bonds is 8. The molecule has 1 atom stereocenters. The van der Waals surface area contributed by atoms with Gasteiger partial charge in [-0.1, -0.05) is 23.5 Å². The largest absolute Gasteiger partial charge is 0.507 e. The third kappa shape index (κ3) is 4.87. The third-order valence-corrected chi connectivity index (χ3v) is 7.21. The fourth-order valence-corrected chi connectivity index (χ4v) is 5.30. The molecule has 0 aliphatic carbocycles. The van der Waals surface area contributed by atoms with Gasteiger partial charge in [-0.05, 0) is 69.2 Å². The number of benzene rings is 2. The first-order chi connectivity index (χ1) is 18.2. The highest BCUT2D eigenvalue weighted by molar-refractivity contribution is 7.17. The molecular formula is C28H28N2O7S. The Labute approximate surface area is 224 Å². The number of anilines is 1. The number of aliphatic hydroxyl groups is 1. The summed E-state index contributed by atoms with van der Waals surface area (Å²) in [7, 11) is 1.54. The molecule has 0 radical (unpaired) electrons. The van der Waals surface area contributed by atoms with Crippen molar-refractivity contribution in [2.24, 2.45) is 0 Å². The Morgan fingerprint density at radius 1 is 1.08 bits per heavy atom. The van der Waals surface area contributed by atoms with Crippen LogP contribution in [0, 0.1) is 13.8 Å². The number of carbonyl (C=O) groups excluding carboxylic acids is 3. The predicted octanol–water partition coefficient (Wildman–Crippen LogP) is 4.97. The average molecular weight is 537 g/mol. The van der Waals surface area contributed by atoms with Gasteiger partial charge in [-0.15, -0.1) is 0 Å². The van der Waals surface area contributed by atoms with Crippen molar-refractivity contribution >= 4 is 39.9 Å². The van der Waals surface area contributed by atoms with Crippen LogP contribution in [-0.2, 0) is 14.3 Å². The van der Waals surface area contributed by atoms with Crippen molar-refractivity contribution in [3.05, 3.63) is 75.3 Å². The van der Waals surface area contributed by atoms with E-state index in [1.165, 1.54) is 4.90 Å². The molecule has 1 fully saturated rings. The van der Waals surface area contributed by atoms with Crippen LogP contribution < -0.4 is 14.4 Å². The van der Waals surface area contributed by atoms with E-state index < -0.39 is 23.7 Å². The Kier molecular flexibility index (Phi) is 7.82. The maximum absolute atomic E-state index is 13.4. The highest BCUT2D eigenvalue weighted by Gasteiger charge is 2.48. The fourth-order valence-electron chi connectivity index (χ4n) is 4.31. The van der Waals surface area contributed by atoms with Gasteiger partial charge in [0.1, 0.15) is 22.1 Å². The number of aromatic nitrogens is 1. The predicted molar refractivity (Wildman–Crippen MR) is 143 cm³/mol. The zero-order valence-corrected chi connectivity index (χ0v) is 22.5. The van der Waals surface area contributed by atoms with E-state index in [0.717, 1.165) is 16.9 Å². The lowest BCUT2D eigenvalue weighted by Gasteiger charge is -2.23. The fraction of sp³-hybridized carbons (Fsp3) is 0.286. The maximum atomic E-state index is 13.4. The van der Waals surface area contributed by atoms with Crippen molar-refractivity contribution in [2.45, 2.75) is 33.7 Å². The van der Waals surface area contributed by atoms with Crippen molar-refractivity contribution in [1.82, 2.24) is 4.98 Å². The normalized spacial score (nSPS) is 16.6. The molecular weight excluding hydrogens is 508 g/mol. The molecule has 1 N–H and O–H groups in total. The number of hydrogen-bond donors (Lipinski definition) is 1. The summed E-state index contributed by atoms with van der Waals surface area (Å²) in [5.74, 6) is -1.37. The summed E-state index contributed by atoms with van der Waals surface area (Å²) in [5, 5.41) is 11.5. The molecule has 10 heteroatoms. The summed E-state index contributed by atoms with van der Waals surface area (Å²) in [6.07, 6.45) is 0. The molecule has 1 aromatic heterocycles. The van der Waals surface area contributed by atoms with Crippen LogP contribution in [-0.4, -0.2) is 48.1 Å². The van der Waals surface area contributed by atoms with Crippen molar-refractivity contribution in [3.63, 3.8) is 0 Å². The first-order valence-electron chi connectivity index (χ1n) is 12.0. The maximum Gasteiger partial charge on any atom is 0.350 e. The third-order valence-electron chi connectivity index (χ3n) is 6.07. The number of ketones is 1. The summed E-state index contributed by atoms with van der Waals surface area (Å²) in [6.45, 7) is 7.67. The van der Waals surface area contributed by atoms with Crippen LogP contribution in [0.3, 0.4) is 0 Å². The lowest BCUT2D eigenvalue weighted by molar-refractivity contribution is -0.132.